The molecule has 0 aliphatic carbocycles. The van der Waals surface area contributed by atoms with Gasteiger partial charge in [0.05, 0.1) is 5.75 Å². The largest absolute Gasteiger partial charge is 0.300 e. The molecule has 0 bridgehead atoms. The summed E-state index contributed by atoms with van der Waals surface area (Å²) in [5.74, 6) is 0.110. The highest BCUT2D eigenvalue weighted by molar-refractivity contribution is 7.88. The van der Waals surface area contributed by atoms with E-state index in [4.69, 9.17) is 0 Å². The van der Waals surface area contributed by atoms with E-state index in [1.54, 1.807) is 4.31 Å². The fourth-order valence-electron chi connectivity index (χ4n) is 2.88. The quantitative estimate of drug-likeness (QED) is 0.805. The molecule has 2 rings (SSSR count). The van der Waals surface area contributed by atoms with Crippen LogP contribution in [0.3, 0.4) is 0 Å². The van der Waals surface area contributed by atoms with Crippen molar-refractivity contribution >= 4 is 10.0 Å². The van der Waals surface area contributed by atoms with Crippen molar-refractivity contribution in [1.29, 1.82) is 0 Å². The van der Waals surface area contributed by atoms with Gasteiger partial charge >= 0.3 is 0 Å². The van der Waals surface area contributed by atoms with Crippen molar-refractivity contribution in [2.75, 3.05) is 26.2 Å². The molecule has 4 nitrogen and oxygen atoms in total. The van der Waals surface area contributed by atoms with E-state index in [1.165, 1.54) is 0 Å². The standard InChI is InChI=1S/C15H24N2O2S/c1-3-16(4-2)15-10-11-17(12-15)20(18,19)13-14-8-6-5-7-9-14/h5-9,15H,3-4,10-13H2,1-2H3. The van der Waals surface area contributed by atoms with Crippen LogP contribution in [0.25, 0.3) is 0 Å². The van der Waals surface area contributed by atoms with Gasteiger partial charge in [0.25, 0.3) is 0 Å². The molecule has 0 N–H and O–H groups in total. The van der Waals surface area contributed by atoms with Crippen molar-refractivity contribution in [3.8, 4) is 0 Å². The van der Waals surface area contributed by atoms with Crippen LogP contribution in [0.15, 0.2) is 30.3 Å². The second kappa shape index (κ2) is 6.70. The zero-order valence-corrected chi connectivity index (χ0v) is 13.1. The smallest absolute Gasteiger partial charge is 0.218 e. The van der Waals surface area contributed by atoms with Gasteiger partial charge in [-0.1, -0.05) is 44.2 Å². The number of nitrogens with zero attached hydrogens (tertiary/aromatic N) is 2. The Hall–Kier alpha value is -0.910. The summed E-state index contributed by atoms with van der Waals surface area (Å²) in [7, 11) is -3.19. The summed E-state index contributed by atoms with van der Waals surface area (Å²) in [4.78, 5) is 2.35. The molecule has 1 aliphatic heterocycles. The van der Waals surface area contributed by atoms with Crippen molar-refractivity contribution in [1.82, 2.24) is 9.21 Å². The van der Waals surface area contributed by atoms with Crippen LogP contribution in [0.2, 0.25) is 0 Å². The Morgan fingerprint density at radius 1 is 1.20 bits per heavy atom. The molecule has 0 saturated carbocycles. The molecule has 0 amide bonds. The Labute approximate surface area is 122 Å². The molecule has 0 spiro atoms. The summed E-state index contributed by atoms with van der Waals surface area (Å²) in [6.07, 6.45) is 0.940. The number of hydrogen-bond donors (Lipinski definition) is 0. The number of sulfonamides is 1. The van der Waals surface area contributed by atoms with Gasteiger partial charge in [-0.3, -0.25) is 4.90 Å². The molecule has 112 valence electrons. The van der Waals surface area contributed by atoms with Crippen LogP contribution >= 0.6 is 0 Å². The predicted molar refractivity (Wildman–Crippen MR) is 82.0 cm³/mol. The van der Waals surface area contributed by atoms with Crippen LogP contribution in [0.5, 0.6) is 0 Å². The first-order valence-electron chi connectivity index (χ1n) is 7.32. The van der Waals surface area contributed by atoms with Crippen LogP contribution in [0.4, 0.5) is 0 Å². The van der Waals surface area contributed by atoms with Crippen molar-refractivity contribution in [3.63, 3.8) is 0 Å². The molecule has 1 atom stereocenters. The predicted octanol–water partition coefficient (Wildman–Crippen LogP) is 1.93. The number of benzene rings is 1. The van der Waals surface area contributed by atoms with Crippen molar-refractivity contribution < 1.29 is 8.42 Å². The van der Waals surface area contributed by atoms with Gasteiger partial charge in [-0.25, -0.2) is 12.7 Å². The summed E-state index contributed by atoms with van der Waals surface area (Å²) in [6.45, 7) is 7.50. The van der Waals surface area contributed by atoms with Crippen molar-refractivity contribution in [2.24, 2.45) is 0 Å². The maximum absolute atomic E-state index is 12.5. The molecule has 20 heavy (non-hydrogen) atoms. The van der Waals surface area contributed by atoms with E-state index in [0.29, 0.717) is 19.1 Å². The van der Waals surface area contributed by atoms with Gasteiger partial charge in [-0.2, -0.15) is 0 Å². The van der Waals surface area contributed by atoms with E-state index < -0.39 is 10.0 Å². The van der Waals surface area contributed by atoms with E-state index in [-0.39, 0.29) is 5.75 Å². The highest BCUT2D eigenvalue weighted by atomic mass is 32.2. The topological polar surface area (TPSA) is 40.6 Å². The third-order valence-electron chi connectivity index (χ3n) is 4.04. The van der Waals surface area contributed by atoms with E-state index in [2.05, 4.69) is 18.7 Å². The van der Waals surface area contributed by atoms with Gasteiger partial charge in [0.15, 0.2) is 0 Å². The maximum Gasteiger partial charge on any atom is 0.218 e. The molecule has 1 unspecified atom stereocenters. The van der Waals surface area contributed by atoms with Crippen molar-refractivity contribution in [3.05, 3.63) is 35.9 Å². The summed E-state index contributed by atoms with van der Waals surface area (Å²) in [5.41, 5.74) is 0.860. The number of likely N-dealkylation sites (N-methyl/N-ethyl adjacent to an activating group) is 1. The van der Waals surface area contributed by atoms with E-state index in [9.17, 15) is 8.42 Å². The normalized spacial score (nSPS) is 20.6. The molecule has 1 aromatic carbocycles. The van der Waals surface area contributed by atoms with Gasteiger partial charge in [0.1, 0.15) is 0 Å². The lowest BCUT2D eigenvalue weighted by Gasteiger charge is -2.26. The lowest BCUT2D eigenvalue weighted by Crippen LogP contribution is -2.38. The monoisotopic (exact) mass is 296 g/mol. The Kier molecular flexibility index (Phi) is 5.18. The molecule has 0 radical (unpaired) electrons. The SMILES string of the molecule is CCN(CC)C1CCN(S(=O)(=O)Cc2ccccc2)C1. The fraction of sp³-hybridized carbons (Fsp3) is 0.600. The van der Waals surface area contributed by atoms with Gasteiger partial charge in [0.2, 0.25) is 10.0 Å². The third kappa shape index (κ3) is 3.59. The Morgan fingerprint density at radius 3 is 2.45 bits per heavy atom. The van der Waals surface area contributed by atoms with Crippen LogP contribution in [0, 0.1) is 0 Å². The molecule has 1 fully saturated rings. The molecular weight excluding hydrogens is 272 g/mol. The molecule has 0 aromatic heterocycles. The summed E-state index contributed by atoms with van der Waals surface area (Å²) in [6, 6.07) is 9.78. The van der Waals surface area contributed by atoms with Crippen LogP contribution < -0.4 is 0 Å². The zero-order chi connectivity index (χ0) is 14.6. The van der Waals surface area contributed by atoms with Gasteiger partial charge in [-0.05, 0) is 25.1 Å². The molecule has 5 heteroatoms. The zero-order valence-electron chi connectivity index (χ0n) is 12.3. The highest BCUT2D eigenvalue weighted by Crippen LogP contribution is 2.21. The average Bonchev–Trinajstić information content (AvgIpc) is 2.91. The first-order chi connectivity index (χ1) is 9.56. The minimum atomic E-state index is -3.19. The number of hydrogen-bond acceptors (Lipinski definition) is 3. The Bertz CT molecular complexity index is 512. The first kappa shape index (κ1) is 15.5. The lowest BCUT2D eigenvalue weighted by molar-refractivity contribution is 0.224. The third-order valence-corrected chi connectivity index (χ3v) is 5.86. The average molecular weight is 296 g/mol. The summed E-state index contributed by atoms with van der Waals surface area (Å²) < 4.78 is 26.6. The Morgan fingerprint density at radius 2 is 1.85 bits per heavy atom. The number of rotatable bonds is 6. The molecule has 1 saturated heterocycles. The van der Waals surface area contributed by atoms with E-state index in [0.717, 1.165) is 25.1 Å². The van der Waals surface area contributed by atoms with Gasteiger partial charge in [-0.15, -0.1) is 0 Å². The maximum atomic E-state index is 12.5. The molecule has 1 aliphatic rings. The van der Waals surface area contributed by atoms with Crippen LogP contribution in [-0.2, 0) is 15.8 Å². The molecule has 1 aromatic rings. The summed E-state index contributed by atoms with van der Waals surface area (Å²) in [5, 5.41) is 0. The van der Waals surface area contributed by atoms with E-state index in [1.807, 2.05) is 30.3 Å². The molecule has 1 heterocycles. The minimum Gasteiger partial charge on any atom is -0.300 e. The highest BCUT2D eigenvalue weighted by Gasteiger charge is 2.33. The van der Waals surface area contributed by atoms with Gasteiger partial charge in [0, 0.05) is 19.1 Å². The van der Waals surface area contributed by atoms with Crippen LogP contribution in [-0.4, -0.2) is 49.8 Å². The second-order valence-corrected chi connectivity index (χ2v) is 7.23. The van der Waals surface area contributed by atoms with Gasteiger partial charge < -0.3 is 0 Å². The first-order valence-corrected chi connectivity index (χ1v) is 8.93. The van der Waals surface area contributed by atoms with Crippen LogP contribution in [0.1, 0.15) is 25.8 Å². The molecular formula is C15H24N2O2S. The van der Waals surface area contributed by atoms with Crippen molar-refractivity contribution in [2.45, 2.75) is 32.1 Å². The van der Waals surface area contributed by atoms with E-state index >= 15 is 0 Å². The second-order valence-electron chi connectivity index (χ2n) is 5.26. The lowest BCUT2D eigenvalue weighted by atomic mass is 10.2. The Balaban J connectivity index is 2.01. The minimum absolute atomic E-state index is 0.110. The fourth-order valence-corrected chi connectivity index (χ4v) is 4.46. The summed E-state index contributed by atoms with van der Waals surface area (Å²) >= 11 is 0.